The van der Waals surface area contributed by atoms with Gasteiger partial charge in [-0.3, -0.25) is 0 Å². The fraction of sp³-hybridized carbons (Fsp3) is 0.571. The van der Waals surface area contributed by atoms with Gasteiger partial charge < -0.3 is 10.6 Å². The molecular formula is C14H17F3N4. The molecule has 2 rings (SSSR count). The van der Waals surface area contributed by atoms with Crippen molar-refractivity contribution in [3.63, 3.8) is 0 Å². The molecule has 4 nitrogen and oxygen atoms in total. The smallest absolute Gasteiger partial charge is 0.366 e. The first-order valence-electron chi connectivity index (χ1n) is 6.87. The van der Waals surface area contributed by atoms with Crippen molar-refractivity contribution >= 4 is 5.82 Å². The van der Waals surface area contributed by atoms with Crippen LogP contribution < -0.4 is 10.6 Å². The summed E-state index contributed by atoms with van der Waals surface area (Å²) in [6.45, 7) is 3.68. The van der Waals surface area contributed by atoms with Crippen LogP contribution in [0.3, 0.4) is 0 Å². The molecular weight excluding hydrogens is 281 g/mol. The number of piperidine rings is 1. The van der Waals surface area contributed by atoms with Crippen LogP contribution in [-0.2, 0) is 6.18 Å². The molecule has 114 valence electrons. The van der Waals surface area contributed by atoms with E-state index in [4.69, 9.17) is 5.26 Å². The predicted molar refractivity (Wildman–Crippen MR) is 72.6 cm³/mol. The van der Waals surface area contributed by atoms with Crippen molar-refractivity contribution in [3.05, 3.63) is 23.4 Å². The number of hydrogen-bond acceptors (Lipinski definition) is 4. The largest absolute Gasteiger partial charge is 0.433 e. The summed E-state index contributed by atoms with van der Waals surface area (Å²) in [7, 11) is 0. The minimum absolute atomic E-state index is 0.00500. The summed E-state index contributed by atoms with van der Waals surface area (Å²) in [5.41, 5.74) is -0.864. The van der Waals surface area contributed by atoms with Gasteiger partial charge in [0.2, 0.25) is 0 Å². The van der Waals surface area contributed by atoms with Gasteiger partial charge in [0.1, 0.15) is 17.6 Å². The average molecular weight is 298 g/mol. The molecule has 7 heteroatoms. The van der Waals surface area contributed by atoms with Crippen molar-refractivity contribution < 1.29 is 13.2 Å². The number of halogens is 3. The SMILES string of the molecule is CC(Nc1nc(C(F)(F)F)ccc1C#N)C1CCCNC1. The molecule has 0 amide bonds. The van der Waals surface area contributed by atoms with E-state index in [0.717, 1.165) is 38.1 Å². The van der Waals surface area contributed by atoms with Crippen molar-refractivity contribution in [1.82, 2.24) is 10.3 Å². The summed E-state index contributed by atoms with van der Waals surface area (Å²) >= 11 is 0. The van der Waals surface area contributed by atoms with Crippen molar-refractivity contribution in [3.8, 4) is 6.07 Å². The van der Waals surface area contributed by atoms with E-state index in [2.05, 4.69) is 15.6 Å². The molecule has 21 heavy (non-hydrogen) atoms. The molecule has 1 aliphatic rings. The Balaban J connectivity index is 2.19. The van der Waals surface area contributed by atoms with Gasteiger partial charge in [0, 0.05) is 6.04 Å². The molecule has 2 heterocycles. The minimum atomic E-state index is -4.51. The summed E-state index contributed by atoms with van der Waals surface area (Å²) in [5.74, 6) is 0.312. The lowest BCUT2D eigenvalue weighted by Gasteiger charge is -2.29. The van der Waals surface area contributed by atoms with Crippen molar-refractivity contribution in [2.24, 2.45) is 5.92 Å². The van der Waals surface area contributed by atoms with Crippen LogP contribution in [0.5, 0.6) is 0 Å². The number of aromatic nitrogens is 1. The zero-order valence-electron chi connectivity index (χ0n) is 11.7. The number of alkyl halides is 3. The lowest BCUT2D eigenvalue weighted by molar-refractivity contribution is -0.141. The maximum Gasteiger partial charge on any atom is 0.433 e. The van der Waals surface area contributed by atoms with Gasteiger partial charge >= 0.3 is 6.18 Å². The van der Waals surface area contributed by atoms with Crippen LogP contribution in [-0.4, -0.2) is 24.1 Å². The second-order valence-electron chi connectivity index (χ2n) is 5.24. The maximum atomic E-state index is 12.7. The van der Waals surface area contributed by atoms with E-state index >= 15 is 0 Å². The van der Waals surface area contributed by atoms with Crippen LogP contribution in [0.15, 0.2) is 12.1 Å². The zero-order valence-corrected chi connectivity index (χ0v) is 11.7. The number of nitriles is 1. The van der Waals surface area contributed by atoms with Crippen LogP contribution in [0.25, 0.3) is 0 Å². The first-order valence-corrected chi connectivity index (χ1v) is 6.87. The lowest BCUT2D eigenvalue weighted by Crippen LogP contribution is -2.39. The maximum absolute atomic E-state index is 12.7. The van der Waals surface area contributed by atoms with Gasteiger partial charge in [-0.05, 0) is 50.9 Å². The van der Waals surface area contributed by atoms with E-state index in [-0.39, 0.29) is 17.4 Å². The number of pyridine rings is 1. The first kappa shape index (κ1) is 15.6. The third-order valence-corrected chi connectivity index (χ3v) is 3.71. The first-order chi connectivity index (χ1) is 9.91. The molecule has 2 N–H and O–H groups in total. The van der Waals surface area contributed by atoms with Crippen molar-refractivity contribution in [1.29, 1.82) is 5.26 Å². The molecule has 1 aromatic rings. The Hall–Kier alpha value is -1.81. The quantitative estimate of drug-likeness (QED) is 0.901. The van der Waals surface area contributed by atoms with Gasteiger partial charge in [0.05, 0.1) is 5.56 Å². The second kappa shape index (κ2) is 6.31. The molecule has 0 spiro atoms. The Labute approximate surface area is 121 Å². The fourth-order valence-electron chi connectivity index (χ4n) is 2.46. The molecule has 1 aliphatic heterocycles. The highest BCUT2D eigenvalue weighted by molar-refractivity contribution is 5.53. The van der Waals surface area contributed by atoms with Gasteiger partial charge in [0.15, 0.2) is 0 Å². The highest BCUT2D eigenvalue weighted by Crippen LogP contribution is 2.30. The van der Waals surface area contributed by atoms with E-state index in [1.807, 2.05) is 13.0 Å². The lowest BCUT2D eigenvalue weighted by atomic mass is 9.93. The summed E-state index contributed by atoms with van der Waals surface area (Å²) in [5, 5.41) is 15.2. The number of hydrogen-bond donors (Lipinski definition) is 2. The molecule has 0 aromatic carbocycles. The van der Waals surface area contributed by atoms with Crippen LogP contribution in [0, 0.1) is 17.2 Å². The molecule has 0 aliphatic carbocycles. The Morgan fingerprint density at radius 3 is 2.81 bits per heavy atom. The van der Waals surface area contributed by atoms with E-state index in [1.54, 1.807) is 0 Å². The molecule has 1 saturated heterocycles. The van der Waals surface area contributed by atoms with E-state index in [0.29, 0.717) is 5.92 Å². The van der Waals surface area contributed by atoms with E-state index in [1.165, 1.54) is 0 Å². The van der Waals surface area contributed by atoms with Gasteiger partial charge in [-0.1, -0.05) is 0 Å². The minimum Gasteiger partial charge on any atom is -0.366 e. The Morgan fingerprint density at radius 1 is 1.48 bits per heavy atom. The fourth-order valence-corrected chi connectivity index (χ4v) is 2.46. The van der Waals surface area contributed by atoms with Crippen molar-refractivity contribution in [2.75, 3.05) is 18.4 Å². The van der Waals surface area contributed by atoms with Crippen LogP contribution in [0.2, 0.25) is 0 Å². The molecule has 0 saturated carbocycles. The normalized spacial score (nSPS) is 20.6. The monoisotopic (exact) mass is 298 g/mol. The molecule has 0 bridgehead atoms. The molecule has 2 atom stereocenters. The van der Waals surface area contributed by atoms with Crippen LogP contribution >= 0.6 is 0 Å². The summed E-state index contributed by atoms with van der Waals surface area (Å²) < 4.78 is 38.1. The molecule has 0 radical (unpaired) electrons. The molecule has 1 aromatic heterocycles. The number of nitrogens with one attached hydrogen (secondary N) is 2. The van der Waals surface area contributed by atoms with E-state index in [9.17, 15) is 13.2 Å². The average Bonchev–Trinajstić information content (AvgIpc) is 2.47. The number of anilines is 1. The van der Waals surface area contributed by atoms with E-state index < -0.39 is 11.9 Å². The number of rotatable bonds is 3. The summed E-state index contributed by atoms with van der Waals surface area (Å²) in [6, 6.07) is 3.81. The Kier molecular flexibility index (Phi) is 4.68. The Bertz CT molecular complexity index is 530. The third kappa shape index (κ3) is 3.85. The number of nitrogens with zero attached hydrogens (tertiary/aromatic N) is 2. The third-order valence-electron chi connectivity index (χ3n) is 3.71. The Morgan fingerprint density at radius 2 is 2.24 bits per heavy atom. The molecule has 1 fully saturated rings. The van der Waals surface area contributed by atoms with Gasteiger partial charge in [-0.15, -0.1) is 0 Å². The molecule has 2 unspecified atom stereocenters. The van der Waals surface area contributed by atoms with Gasteiger partial charge in [0.25, 0.3) is 0 Å². The van der Waals surface area contributed by atoms with Gasteiger partial charge in [-0.25, -0.2) is 4.98 Å². The van der Waals surface area contributed by atoms with Crippen molar-refractivity contribution in [2.45, 2.75) is 32.0 Å². The van der Waals surface area contributed by atoms with Gasteiger partial charge in [-0.2, -0.15) is 18.4 Å². The topological polar surface area (TPSA) is 60.7 Å². The summed E-state index contributed by atoms with van der Waals surface area (Å²) in [6.07, 6.45) is -2.47. The van der Waals surface area contributed by atoms with Crippen LogP contribution in [0.4, 0.5) is 19.0 Å². The summed E-state index contributed by atoms with van der Waals surface area (Å²) in [4.78, 5) is 3.57. The standard InChI is InChI=1S/C14H17F3N4/c1-9(11-3-2-6-19-8-11)20-13-10(7-18)4-5-12(21-13)14(15,16)17/h4-5,9,11,19H,2-3,6,8H2,1H3,(H,20,21). The zero-order chi connectivity index (χ0) is 15.5. The predicted octanol–water partition coefficient (Wildman–Crippen LogP) is 2.77. The highest BCUT2D eigenvalue weighted by Gasteiger charge is 2.33. The second-order valence-corrected chi connectivity index (χ2v) is 5.24. The highest BCUT2D eigenvalue weighted by atomic mass is 19.4. The van der Waals surface area contributed by atoms with Crippen LogP contribution in [0.1, 0.15) is 31.0 Å².